The van der Waals surface area contributed by atoms with Gasteiger partial charge in [0.2, 0.25) is 0 Å². The van der Waals surface area contributed by atoms with Gasteiger partial charge in [-0.25, -0.2) is 4.79 Å². The first-order valence-corrected chi connectivity index (χ1v) is 9.11. The molecule has 0 saturated carbocycles. The number of piperidine rings is 1. The molecule has 2 unspecified atom stereocenters. The number of carboxylic acid groups (broad SMARTS) is 1. The lowest BCUT2D eigenvalue weighted by molar-refractivity contribution is -0.0500. The van der Waals surface area contributed by atoms with Crippen LogP contribution in [0.15, 0.2) is 24.3 Å². The molecule has 1 aromatic rings. The third kappa shape index (κ3) is 2.92. The van der Waals surface area contributed by atoms with E-state index < -0.39 is 33.0 Å². The van der Waals surface area contributed by atoms with Crippen LogP contribution in [0, 0.1) is 0 Å². The van der Waals surface area contributed by atoms with Gasteiger partial charge in [0, 0.05) is 6.04 Å². The van der Waals surface area contributed by atoms with Crippen molar-refractivity contribution in [3.63, 3.8) is 0 Å². The molecule has 1 amide bonds. The highest BCUT2D eigenvalue weighted by molar-refractivity contribution is 7.88. The van der Waals surface area contributed by atoms with Crippen molar-refractivity contribution in [2.24, 2.45) is 0 Å². The van der Waals surface area contributed by atoms with Crippen molar-refractivity contribution in [1.29, 1.82) is 0 Å². The minimum Gasteiger partial charge on any atom is -0.465 e. The molecule has 2 aliphatic rings. The fourth-order valence-electron chi connectivity index (χ4n) is 3.93. The lowest BCUT2D eigenvalue weighted by atomic mass is 9.82. The Labute approximate surface area is 142 Å². The van der Waals surface area contributed by atoms with Crippen molar-refractivity contribution in [3.05, 3.63) is 29.8 Å². The van der Waals surface area contributed by atoms with Gasteiger partial charge in [-0.2, -0.15) is 21.6 Å². The summed E-state index contributed by atoms with van der Waals surface area (Å²) >= 11 is 0. The van der Waals surface area contributed by atoms with Crippen LogP contribution in [0.25, 0.3) is 0 Å². The number of halogens is 3. The maximum Gasteiger partial charge on any atom is 0.534 e. The van der Waals surface area contributed by atoms with E-state index in [4.69, 9.17) is 0 Å². The molecule has 6 nitrogen and oxygen atoms in total. The van der Waals surface area contributed by atoms with Crippen LogP contribution in [0.2, 0.25) is 0 Å². The van der Waals surface area contributed by atoms with E-state index >= 15 is 0 Å². The van der Waals surface area contributed by atoms with Gasteiger partial charge in [-0.05, 0) is 49.8 Å². The van der Waals surface area contributed by atoms with Crippen molar-refractivity contribution in [2.45, 2.75) is 49.2 Å². The van der Waals surface area contributed by atoms with E-state index in [2.05, 4.69) is 4.18 Å². The summed E-state index contributed by atoms with van der Waals surface area (Å²) in [6, 6.07) is 5.12. The second-order valence-corrected chi connectivity index (χ2v) is 7.82. The summed E-state index contributed by atoms with van der Waals surface area (Å²) in [5.74, 6) is -0.483. The van der Waals surface area contributed by atoms with Crippen LogP contribution in [0.1, 0.15) is 37.7 Å². The van der Waals surface area contributed by atoms with Crippen molar-refractivity contribution in [1.82, 2.24) is 4.90 Å². The number of amides is 1. The lowest BCUT2D eigenvalue weighted by Gasteiger charge is -2.43. The van der Waals surface area contributed by atoms with Gasteiger partial charge in [-0.1, -0.05) is 12.1 Å². The van der Waals surface area contributed by atoms with E-state index in [0.717, 1.165) is 18.9 Å². The number of fused-ring (bicyclic) bond motifs is 2. The standard InChI is InChI=1S/C15H16F3NO5S/c16-15(17,18)25(22,23)24-12-5-1-3-10(9-12)14-7-2-4-11(6-8-14)19(14)13(20)21/h1,3,5,9,11H,2,4,6-8H2,(H,20,21). The van der Waals surface area contributed by atoms with Gasteiger partial charge in [0.1, 0.15) is 5.75 Å². The zero-order chi connectivity index (χ0) is 18.5. The smallest absolute Gasteiger partial charge is 0.465 e. The fourth-order valence-corrected chi connectivity index (χ4v) is 4.38. The number of alkyl halides is 3. The summed E-state index contributed by atoms with van der Waals surface area (Å²) in [5.41, 5.74) is -5.93. The molecule has 1 aromatic carbocycles. The van der Waals surface area contributed by atoms with Crippen molar-refractivity contribution >= 4 is 16.2 Å². The molecule has 0 spiro atoms. The Morgan fingerprint density at radius 3 is 2.64 bits per heavy atom. The second-order valence-electron chi connectivity index (χ2n) is 6.28. The first-order valence-electron chi connectivity index (χ1n) is 7.70. The molecule has 3 rings (SSSR count). The van der Waals surface area contributed by atoms with Crippen LogP contribution in [-0.2, 0) is 15.7 Å². The minimum absolute atomic E-state index is 0.130. The third-order valence-corrected chi connectivity index (χ3v) is 5.89. The number of hydrogen-bond donors (Lipinski definition) is 1. The van der Waals surface area contributed by atoms with Crippen LogP contribution in [0.5, 0.6) is 5.75 Å². The van der Waals surface area contributed by atoms with Gasteiger partial charge < -0.3 is 9.29 Å². The summed E-state index contributed by atoms with van der Waals surface area (Å²) in [7, 11) is -5.77. The quantitative estimate of drug-likeness (QED) is 0.643. The molecule has 2 fully saturated rings. The number of benzene rings is 1. The summed E-state index contributed by atoms with van der Waals surface area (Å²) in [6.45, 7) is 0. The van der Waals surface area contributed by atoms with E-state index in [1.807, 2.05) is 0 Å². The van der Waals surface area contributed by atoms with Crippen LogP contribution in [0.3, 0.4) is 0 Å². The van der Waals surface area contributed by atoms with Crippen molar-refractivity contribution < 1.29 is 35.7 Å². The Bertz CT molecular complexity index is 791. The highest BCUT2D eigenvalue weighted by atomic mass is 32.2. The third-order valence-electron chi connectivity index (χ3n) is 4.91. The summed E-state index contributed by atoms with van der Waals surface area (Å²) in [4.78, 5) is 13.0. The molecule has 2 heterocycles. The molecule has 138 valence electrons. The number of hydrogen-bond acceptors (Lipinski definition) is 4. The Kier molecular flexibility index (Phi) is 4.13. The average molecular weight is 379 g/mol. The molecule has 2 bridgehead atoms. The molecule has 1 N–H and O–H groups in total. The van der Waals surface area contributed by atoms with E-state index in [9.17, 15) is 31.5 Å². The maximum absolute atomic E-state index is 12.5. The SMILES string of the molecule is O=C(O)N1C2CCCC1(c1cccc(OS(=O)(=O)C(F)(F)F)c1)CC2. The zero-order valence-electron chi connectivity index (χ0n) is 13.0. The monoisotopic (exact) mass is 379 g/mol. The Hall–Kier alpha value is -1.97. The van der Waals surface area contributed by atoms with Gasteiger partial charge in [0.05, 0.1) is 5.54 Å². The molecule has 10 heteroatoms. The normalized spacial score (nSPS) is 26.5. The predicted octanol–water partition coefficient (Wildman–Crippen LogP) is 3.44. The number of rotatable bonds is 3. The molecule has 25 heavy (non-hydrogen) atoms. The molecular weight excluding hydrogens is 363 g/mol. The Balaban J connectivity index is 1.98. The second kappa shape index (κ2) is 5.79. The van der Waals surface area contributed by atoms with Gasteiger partial charge in [0.15, 0.2) is 0 Å². The maximum atomic E-state index is 12.5. The van der Waals surface area contributed by atoms with Crippen LogP contribution in [-0.4, -0.2) is 36.1 Å². The van der Waals surface area contributed by atoms with E-state index in [0.29, 0.717) is 24.8 Å². The molecule has 2 atom stereocenters. The molecular formula is C15H16F3NO5S. The van der Waals surface area contributed by atoms with Crippen molar-refractivity contribution in [2.75, 3.05) is 0 Å². The zero-order valence-corrected chi connectivity index (χ0v) is 13.8. The highest BCUT2D eigenvalue weighted by Crippen LogP contribution is 2.51. The largest absolute Gasteiger partial charge is 0.534 e. The van der Waals surface area contributed by atoms with E-state index in [-0.39, 0.29) is 6.04 Å². The lowest BCUT2D eigenvalue weighted by Crippen LogP contribution is -2.50. The first kappa shape index (κ1) is 17.8. The van der Waals surface area contributed by atoms with Gasteiger partial charge in [0.25, 0.3) is 0 Å². The van der Waals surface area contributed by atoms with Crippen molar-refractivity contribution in [3.8, 4) is 5.75 Å². The summed E-state index contributed by atoms with van der Waals surface area (Å²) in [5, 5.41) is 9.56. The average Bonchev–Trinajstić information content (AvgIpc) is 2.74. The Morgan fingerprint density at radius 2 is 2.00 bits per heavy atom. The summed E-state index contributed by atoms with van der Waals surface area (Å²) in [6.07, 6.45) is 2.19. The van der Waals surface area contributed by atoms with Gasteiger partial charge in [-0.3, -0.25) is 4.90 Å². The summed E-state index contributed by atoms with van der Waals surface area (Å²) < 4.78 is 64.0. The predicted molar refractivity (Wildman–Crippen MR) is 80.5 cm³/mol. The fraction of sp³-hybridized carbons (Fsp3) is 0.533. The van der Waals surface area contributed by atoms with E-state index in [1.165, 1.54) is 17.0 Å². The van der Waals surface area contributed by atoms with Crippen LogP contribution >= 0.6 is 0 Å². The Morgan fingerprint density at radius 1 is 1.28 bits per heavy atom. The first-order chi connectivity index (χ1) is 11.6. The van der Waals surface area contributed by atoms with Crippen LogP contribution < -0.4 is 4.18 Å². The molecule has 0 aromatic heterocycles. The van der Waals surface area contributed by atoms with Gasteiger partial charge >= 0.3 is 21.7 Å². The number of nitrogens with zero attached hydrogens (tertiary/aromatic N) is 1. The van der Waals surface area contributed by atoms with Crippen LogP contribution in [0.4, 0.5) is 18.0 Å². The minimum atomic E-state index is -5.77. The van der Waals surface area contributed by atoms with E-state index in [1.54, 1.807) is 6.07 Å². The molecule has 0 radical (unpaired) electrons. The molecule has 0 aliphatic carbocycles. The topological polar surface area (TPSA) is 83.9 Å². The number of carbonyl (C=O) groups is 1. The van der Waals surface area contributed by atoms with Gasteiger partial charge in [-0.15, -0.1) is 0 Å². The highest BCUT2D eigenvalue weighted by Gasteiger charge is 2.53. The molecule has 2 saturated heterocycles. The molecule has 2 aliphatic heterocycles.